The summed E-state index contributed by atoms with van der Waals surface area (Å²) < 4.78 is 0. The maximum atomic E-state index is 11.2. The predicted octanol–water partition coefficient (Wildman–Crippen LogP) is 4.92. The van der Waals surface area contributed by atoms with Crippen LogP contribution < -0.4 is 11.1 Å². The van der Waals surface area contributed by atoms with Gasteiger partial charge in [-0.05, 0) is 42.8 Å². The molecule has 6 heteroatoms. The molecule has 0 heterocycles. The number of primary amides is 1. The van der Waals surface area contributed by atoms with Gasteiger partial charge >= 0.3 is 0 Å². The number of carbonyl (C=O) groups is 1. The number of anilines is 1. The normalized spacial score (nSPS) is 12.0. The topological polar surface area (TPSA) is 55.1 Å². The standard InChI is InChI=1S/C15H13Cl3N2O/c1-8(11-4-3-10(16)7-13(11)18)20-14-6-9(15(19)21)2-5-12(14)17/h2-8,20H,1H3,(H2,19,21). The van der Waals surface area contributed by atoms with Crippen molar-refractivity contribution in [3.8, 4) is 0 Å². The van der Waals surface area contributed by atoms with Crippen LogP contribution in [-0.2, 0) is 0 Å². The quantitative estimate of drug-likeness (QED) is 0.828. The first kappa shape index (κ1) is 16.0. The van der Waals surface area contributed by atoms with Gasteiger partial charge in [-0.15, -0.1) is 0 Å². The van der Waals surface area contributed by atoms with Gasteiger partial charge < -0.3 is 11.1 Å². The van der Waals surface area contributed by atoms with Crippen LogP contribution in [0.1, 0.15) is 28.9 Å². The Labute approximate surface area is 138 Å². The van der Waals surface area contributed by atoms with Crippen molar-refractivity contribution >= 4 is 46.4 Å². The van der Waals surface area contributed by atoms with Gasteiger partial charge in [-0.3, -0.25) is 4.79 Å². The number of amides is 1. The van der Waals surface area contributed by atoms with E-state index >= 15 is 0 Å². The summed E-state index contributed by atoms with van der Waals surface area (Å²) in [6, 6.07) is 9.99. The Morgan fingerprint density at radius 2 is 1.81 bits per heavy atom. The van der Waals surface area contributed by atoms with Gasteiger partial charge in [-0.1, -0.05) is 40.9 Å². The van der Waals surface area contributed by atoms with Crippen LogP contribution in [0.4, 0.5) is 5.69 Å². The zero-order valence-corrected chi connectivity index (χ0v) is 13.4. The summed E-state index contributed by atoms with van der Waals surface area (Å²) >= 11 is 18.2. The zero-order valence-electron chi connectivity index (χ0n) is 11.2. The number of rotatable bonds is 4. The molecule has 1 atom stereocenters. The fraction of sp³-hybridized carbons (Fsp3) is 0.133. The molecule has 2 rings (SSSR count). The predicted molar refractivity (Wildman–Crippen MR) is 88.5 cm³/mol. The van der Waals surface area contributed by atoms with Crippen molar-refractivity contribution < 1.29 is 4.79 Å². The molecule has 2 aromatic carbocycles. The lowest BCUT2D eigenvalue weighted by atomic mass is 10.1. The summed E-state index contributed by atoms with van der Waals surface area (Å²) in [6.07, 6.45) is 0. The molecular formula is C15H13Cl3N2O. The van der Waals surface area contributed by atoms with Gasteiger partial charge in [0.05, 0.1) is 16.8 Å². The van der Waals surface area contributed by atoms with E-state index in [1.165, 1.54) is 0 Å². The van der Waals surface area contributed by atoms with Gasteiger partial charge in [0, 0.05) is 15.6 Å². The second kappa shape index (κ2) is 6.56. The number of hydrogen-bond acceptors (Lipinski definition) is 2. The molecule has 2 aromatic rings. The molecule has 0 radical (unpaired) electrons. The van der Waals surface area contributed by atoms with E-state index in [0.717, 1.165) is 5.56 Å². The van der Waals surface area contributed by atoms with Crippen LogP contribution in [0.2, 0.25) is 15.1 Å². The second-order valence-corrected chi connectivity index (χ2v) is 5.84. The van der Waals surface area contributed by atoms with Crippen molar-refractivity contribution in [1.29, 1.82) is 0 Å². The number of carbonyl (C=O) groups excluding carboxylic acids is 1. The van der Waals surface area contributed by atoms with E-state index in [2.05, 4.69) is 5.32 Å². The highest BCUT2D eigenvalue weighted by atomic mass is 35.5. The Hall–Kier alpha value is -1.42. The molecule has 0 bridgehead atoms. The van der Waals surface area contributed by atoms with Crippen molar-refractivity contribution in [1.82, 2.24) is 0 Å². The third kappa shape index (κ3) is 3.82. The molecule has 0 fully saturated rings. The van der Waals surface area contributed by atoms with Crippen LogP contribution in [0.3, 0.4) is 0 Å². The first-order chi connectivity index (χ1) is 9.88. The minimum atomic E-state index is -0.508. The highest BCUT2D eigenvalue weighted by molar-refractivity contribution is 6.35. The number of nitrogens with two attached hydrogens (primary N) is 1. The Balaban J connectivity index is 2.28. The molecule has 0 saturated heterocycles. The molecular weight excluding hydrogens is 331 g/mol. The first-order valence-corrected chi connectivity index (χ1v) is 7.32. The van der Waals surface area contributed by atoms with Crippen molar-refractivity contribution in [3.05, 3.63) is 62.6 Å². The number of halogens is 3. The minimum absolute atomic E-state index is 0.115. The zero-order chi connectivity index (χ0) is 15.6. The van der Waals surface area contributed by atoms with E-state index in [4.69, 9.17) is 40.5 Å². The first-order valence-electron chi connectivity index (χ1n) is 6.19. The van der Waals surface area contributed by atoms with Crippen LogP contribution >= 0.6 is 34.8 Å². The van der Waals surface area contributed by atoms with E-state index in [9.17, 15) is 4.79 Å². The Bertz CT molecular complexity index is 689. The summed E-state index contributed by atoms with van der Waals surface area (Å²) in [5.74, 6) is -0.508. The van der Waals surface area contributed by atoms with Gasteiger partial charge in [0.25, 0.3) is 0 Å². The largest absolute Gasteiger partial charge is 0.377 e. The lowest BCUT2D eigenvalue weighted by Gasteiger charge is -2.18. The van der Waals surface area contributed by atoms with Crippen molar-refractivity contribution in [2.75, 3.05) is 5.32 Å². The lowest BCUT2D eigenvalue weighted by Crippen LogP contribution is -2.12. The van der Waals surface area contributed by atoms with E-state index in [0.29, 0.717) is 26.3 Å². The third-order valence-corrected chi connectivity index (χ3v) is 3.94. The molecule has 1 amide bonds. The number of benzene rings is 2. The van der Waals surface area contributed by atoms with E-state index in [1.54, 1.807) is 30.3 Å². The maximum absolute atomic E-state index is 11.2. The summed E-state index contributed by atoms with van der Waals surface area (Å²) in [5, 5.41) is 4.85. The number of hydrogen-bond donors (Lipinski definition) is 2. The smallest absolute Gasteiger partial charge is 0.248 e. The summed E-state index contributed by atoms with van der Waals surface area (Å²) in [5.41, 5.74) is 7.15. The molecule has 110 valence electrons. The Morgan fingerprint density at radius 3 is 2.43 bits per heavy atom. The molecule has 3 N–H and O–H groups in total. The molecule has 0 aliphatic rings. The van der Waals surface area contributed by atoms with Crippen LogP contribution in [0.25, 0.3) is 0 Å². The van der Waals surface area contributed by atoms with Gasteiger partial charge in [-0.2, -0.15) is 0 Å². The molecule has 0 aliphatic heterocycles. The van der Waals surface area contributed by atoms with Crippen molar-refractivity contribution in [2.45, 2.75) is 13.0 Å². The van der Waals surface area contributed by atoms with Crippen LogP contribution in [0, 0.1) is 0 Å². The molecule has 0 aromatic heterocycles. The lowest BCUT2D eigenvalue weighted by molar-refractivity contribution is 0.100. The molecule has 0 saturated carbocycles. The number of nitrogens with one attached hydrogen (secondary N) is 1. The van der Waals surface area contributed by atoms with Gasteiger partial charge in [0.2, 0.25) is 5.91 Å². The fourth-order valence-corrected chi connectivity index (χ4v) is 2.70. The maximum Gasteiger partial charge on any atom is 0.248 e. The molecule has 3 nitrogen and oxygen atoms in total. The highest BCUT2D eigenvalue weighted by Gasteiger charge is 2.13. The van der Waals surface area contributed by atoms with Crippen LogP contribution in [0.5, 0.6) is 0 Å². The highest BCUT2D eigenvalue weighted by Crippen LogP contribution is 2.31. The van der Waals surface area contributed by atoms with E-state index < -0.39 is 5.91 Å². The summed E-state index contributed by atoms with van der Waals surface area (Å²) in [4.78, 5) is 11.2. The Morgan fingerprint density at radius 1 is 1.10 bits per heavy atom. The van der Waals surface area contributed by atoms with E-state index in [-0.39, 0.29) is 6.04 Å². The summed E-state index contributed by atoms with van der Waals surface area (Å²) in [7, 11) is 0. The van der Waals surface area contributed by atoms with Gasteiger partial charge in [0.15, 0.2) is 0 Å². The molecule has 0 aliphatic carbocycles. The third-order valence-electron chi connectivity index (χ3n) is 3.05. The average Bonchev–Trinajstić information content (AvgIpc) is 2.40. The fourth-order valence-electron chi connectivity index (χ4n) is 1.95. The molecule has 21 heavy (non-hydrogen) atoms. The SMILES string of the molecule is CC(Nc1cc(C(N)=O)ccc1Cl)c1ccc(Cl)cc1Cl. The van der Waals surface area contributed by atoms with E-state index in [1.807, 2.05) is 13.0 Å². The Kier molecular flexibility index (Phi) is 4.99. The van der Waals surface area contributed by atoms with Crippen molar-refractivity contribution in [2.24, 2.45) is 5.73 Å². The van der Waals surface area contributed by atoms with Crippen LogP contribution in [0.15, 0.2) is 36.4 Å². The molecule has 0 spiro atoms. The molecule has 1 unspecified atom stereocenters. The van der Waals surface area contributed by atoms with Gasteiger partial charge in [-0.25, -0.2) is 0 Å². The average molecular weight is 344 g/mol. The summed E-state index contributed by atoms with van der Waals surface area (Å²) in [6.45, 7) is 1.93. The van der Waals surface area contributed by atoms with Gasteiger partial charge in [0.1, 0.15) is 0 Å². The monoisotopic (exact) mass is 342 g/mol. The van der Waals surface area contributed by atoms with Crippen LogP contribution in [-0.4, -0.2) is 5.91 Å². The minimum Gasteiger partial charge on any atom is -0.377 e. The van der Waals surface area contributed by atoms with Crippen molar-refractivity contribution in [3.63, 3.8) is 0 Å². The second-order valence-electron chi connectivity index (χ2n) is 4.59.